The molecule has 2 atom stereocenters. The number of likely N-dealkylation sites (tertiary alicyclic amines) is 1. The van der Waals surface area contributed by atoms with Crippen LogP contribution in [0, 0.1) is 37.5 Å². The van der Waals surface area contributed by atoms with Crippen LogP contribution in [-0.4, -0.2) is 167 Å². The molecule has 10 saturated carbocycles. The standard InChI is InChI=1S/C14H13N.C11H19N.C11H15N.2C10H13N.C9H17N.C9H13N.C8H18N2O.C8H17N.C7H15N.C6H13N.2C5H11N.2CH4/c1-15-14-12-8-4-2-6-10(12)11-7-3-5-9-13(11)14;1-12-11-5-8-2-9(6-11)4-10(3-8)7-11;1-12-11-8-4-6-9-5-2-3-7-10(9)11;1-11-10-6-8-4-2-3-5-9(8)7-10;1-11-10-7-6-8-4-2-3-5-9(8)10;1-10-9-6-2-4-8(9)5-3-7-9;1-7-5-4-6-8(2)9(7)10-3;1-5-6-10-7(11)8(2,3)9-4;1-8(9-2)6-4-3-5-7-8;1-7(8-2)5-3-4-6-7;1-6(7-2)4-3-5-6;1-5(6-2)3-4-5;1-6-4-2-3-5-6;;/h2-9,14-15H,1H3;8-10,12H,2-7H2,1H3;2-3,5,7,11-12H,4,6,8H2,1H3;2*2-5,10-11H,6-7H2,1H3;8,10H,2-7H2,1H3;4-6,10H,1-3H3;9H,5-6H2,1-4H3,(H,10,11);9H,3-7H2,1-2H3;8H,3-6H2,1-2H3;7H,3-5H2,1-2H3;6H,3-4H2,1-2H3;2-5H2,1H3;2*1H4. The molecule has 0 spiro atoms. The predicted molar refractivity (Wildman–Crippen MR) is 567 cm³/mol. The molecule has 1 aliphatic heterocycles. The molecule has 732 valence electrons. The highest BCUT2D eigenvalue weighted by atomic mass is 16.2. The Morgan fingerprint density at radius 1 is 0.408 bits per heavy atom. The van der Waals surface area contributed by atoms with Crippen LogP contribution in [0.4, 0.5) is 5.69 Å². The quantitative estimate of drug-likeness (QED) is 0.0468. The molecule has 1 saturated heterocycles. The van der Waals surface area contributed by atoms with E-state index in [0.717, 1.165) is 36.6 Å². The molecule has 0 radical (unpaired) electrons. The zero-order valence-corrected chi connectivity index (χ0v) is 85.3. The number of hydrogen-bond acceptors (Lipinski definition) is 14. The fourth-order valence-electron chi connectivity index (χ4n) is 22.6. The molecule has 1 heterocycles. The van der Waals surface area contributed by atoms with Crippen molar-refractivity contribution in [2.24, 2.45) is 23.7 Å². The van der Waals surface area contributed by atoms with Crippen molar-refractivity contribution >= 4 is 11.6 Å². The molecule has 13 N–H and O–H groups in total. The van der Waals surface area contributed by atoms with E-state index >= 15 is 0 Å². The number of anilines is 1. The highest BCUT2D eigenvalue weighted by molar-refractivity contribution is 5.85. The summed E-state index contributed by atoms with van der Waals surface area (Å²) in [5, 5.41) is 42.7. The van der Waals surface area contributed by atoms with Gasteiger partial charge in [0.2, 0.25) is 5.91 Å². The lowest BCUT2D eigenvalue weighted by Crippen LogP contribution is -2.57. The average molecular weight is 1790 g/mol. The number of rotatable bonds is 15. The smallest absolute Gasteiger partial charge is 0.239 e. The molecule has 15 heteroatoms. The van der Waals surface area contributed by atoms with Crippen LogP contribution < -0.4 is 69.1 Å². The van der Waals surface area contributed by atoms with E-state index in [9.17, 15) is 4.79 Å². The maximum absolute atomic E-state index is 11.3. The molecule has 15 nitrogen and oxygen atoms in total. The lowest BCUT2D eigenvalue weighted by molar-refractivity contribution is -0.126. The Morgan fingerprint density at radius 3 is 1.15 bits per heavy atom. The summed E-state index contributed by atoms with van der Waals surface area (Å²) in [6.45, 7) is 22.5. The van der Waals surface area contributed by atoms with Crippen molar-refractivity contribution in [1.29, 1.82) is 0 Å². The second kappa shape index (κ2) is 56.6. The van der Waals surface area contributed by atoms with Gasteiger partial charge in [-0.2, -0.15) is 0 Å². The molecule has 6 aromatic carbocycles. The molecule has 130 heavy (non-hydrogen) atoms. The summed E-state index contributed by atoms with van der Waals surface area (Å²) in [5.74, 6) is 4.34. The molecule has 2 unspecified atom stereocenters. The number of fused-ring (bicyclic) bond motifs is 7. The number of likely N-dealkylation sites (N-methyl/N-ethyl adjacent to an activating group) is 2. The summed E-state index contributed by atoms with van der Waals surface area (Å²) in [5.41, 5.74) is 21.2. The van der Waals surface area contributed by atoms with Crippen molar-refractivity contribution < 1.29 is 4.79 Å². The van der Waals surface area contributed by atoms with E-state index in [2.05, 4.69) is 290 Å². The van der Waals surface area contributed by atoms with Crippen LogP contribution in [0.2, 0.25) is 0 Å². The van der Waals surface area contributed by atoms with Gasteiger partial charge in [0.1, 0.15) is 0 Å². The van der Waals surface area contributed by atoms with Crippen LogP contribution in [0.25, 0.3) is 11.1 Å². The zero-order valence-electron chi connectivity index (χ0n) is 85.3. The van der Waals surface area contributed by atoms with Gasteiger partial charge in [-0.25, -0.2) is 0 Å². The van der Waals surface area contributed by atoms with E-state index in [1.807, 2.05) is 70.1 Å². The van der Waals surface area contributed by atoms with Gasteiger partial charge < -0.3 is 74.0 Å². The first-order valence-electron chi connectivity index (χ1n) is 51.2. The zero-order chi connectivity index (χ0) is 92.8. The van der Waals surface area contributed by atoms with E-state index in [1.165, 1.54) is 291 Å². The van der Waals surface area contributed by atoms with Gasteiger partial charge in [-0.05, 0) is 430 Å². The maximum atomic E-state index is 11.3. The van der Waals surface area contributed by atoms with Crippen molar-refractivity contribution in [1.82, 2.24) is 68.7 Å². The van der Waals surface area contributed by atoms with Gasteiger partial charge >= 0.3 is 0 Å². The Balaban J connectivity index is 0.000000218. The number of nitrogens with zero attached hydrogens (tertiary/aromatic N) is 1. The van der Waals surface area contributed by atoms with E-state index in [-0.39, 0.29) is 20.8 Å². The number of carbonyl (C=O) groups excluding carboxylic acids is 1. The van der Waals surface area contributed by atoms with Crippen molar-refractivity contribution in [3.63, 3.8) is 0 Å². The second-order valence-electron chi connectivity index (χ2n) is 41.9. The van der Waals surface area contributed by atoms with Crippen molar-refractivity contribution in [2.75, 3.05) is 117 Å². The van der Waals surface area contributed by atoms with E-state index in [0.29, 0.717) is 57.4 Å². The molecular formula is C115H196N14O. The third-order valence-electron chi connectivity index (χ3n) is 32.3. The van der Waals surface area contributed by atoms with Crippen molar-refractivity contribution in [3.05, 3.63) is 195 Å². The molecule has 6 aromatic rings. The molecule has 0 aromatic heterocycles. The van der Waals surface area contributed by atoms with E-state index in [4.69, 9.17) is 0 Å². The van der Waals surface area contributed by atoms with Gasteiger partial charge in [0.05, 0.1) is 11.6 Å². The second-order valence-corrected chi connectivity index (χ2v) is 41.9. The van der Waals surface area contributed by atoms with E-state index < -0.39 is 5.54 Å². The van der Waals surface area contributed by atoms with Gasteiger partial charge in [0.15, 0.2) is 0 Å². The highest BCUT2D eigenvalue weighted by Crippen LogP contribution is 2.56. The molecule has 15 aliphatic rings. The number of aryl methyl sites for hydroxylation is 4. The maximum Gasteiger partial charge on any atom is 0.239 e. The fraction of sp³-hybridized carbons (Fsp3) is 0.678. The Morgan fingerprint density at radius 2 is 0.815 bits per heavy atom. The predicted octanol–water partition coefficient (Wildman–Crippen LogP) is 22.8. The molecule has 1 amide bonds. The van der Waals surface area contributed by atoms with E-state index in [1.54, 1.807) is 26.3 Å². The fourth-order valence-corrected chi connectivity index (χ4v) is 22.6. The Hall–Kier alpha value is -5.89. The van der Waals surface area contributed by atoms with Gasteiger partial charge in [-0.15, -0.1) is 0 Å². The summed E-state index contributed by atoms with van der Waals surface area (Å²) in [7, 11) is 26.6. The molecule has 21 rings (SSSR count). The van der Waals surface area contributed by atoms with Crippen LogP contribution >= 0.6 is 0 Å². The SMILES string of the molecule is C.C.CCCNC(=O)C(C)(C)NC.CN1CCCC1.CNC1(C)CC1.CNC1(C)CCC1.CNC1(C)CCCC1.CNC1(C)CCCCC1.CNC12CC3CC(CC(C3)C1)C2.CNC12CCCC1CCC2.CNC1CCCc2ccccc21.CNC1CCc2ccccc21.CNC1Cc2ccccc2C1.CNC1c2ccccc2-c2ccccc21.CNc1c(C)cccc1C. The van der Waals surface area contributed by atoms with Gasteiger partial charge in [0.25, 0.3) is 0 Å². The minimum absolute atomic E-state index is 0. The minimum Gasteiger partial charge on any atom is -0.388 e. The lowest BCUT2D eigenvalue weighted by Gasteiger charge is -2.56. The first-order valence-corrected chi connectivity index (χ1v) is 51.2. The van der Waals surface area contributed by atoms with Gasteiger partial charge in [0, 0.05) is 70.6 Å². The van der Waals surface area contributed by atoms with Crippen LogP contribution in [0.15, 0.2) is 140 Å². The third kappa shape index (κ3) is 34.1. The number of para-hydroxylation sites is 1. The summed E-state index contributed by atoms with van der Waals surface area (Å²) in [4.78, 5) is 13.6. The van der Waals surface area contributed by atoms with Crippen LogP contribution in [0.5, 0.6) is 0 Å². The topological polar surface area (TPSA) is 177 Å². The Bertz CT molecular complexity index is 3970. The first kappa shape index (κ1) is 113. The number of carbonyl (C=O) groups is 1. The largest absolute Gasteiger partial charge is 0.388 e. The van der Waals surface area contributed by atoms with Crippen LogP contribution in [-0.2, 0) is 30.5 Å². The van der Waals surface area contributed by atoms with Crippen LogP contribution in [0.3, 0.4) is 0 Å². The number of nitrogens with one attached hydrogen (secondary N) is 13. The Labute approximate surface area is 798 Å². The average Bonchev–Trinajstić information content (AvgIpc) is 1.45. The summed E-state index contributed by atoms with van der Waals surface area (Å²) in [6, 6.07) is 51.9. The Kier molecular flexibility index (Phi) is 49.1. The summed E-state index contributed by atoms with van der Waals surface area (Å²) < 4.78 is 0. The summed E-state index contributed by atoms with van der Waals surface area (Å²) >= 11 is 0. The number of hydrogen-bond donors (Lipinski definition) is 13. The number of amides is 1. The lowest BCUT2D eigenvalue weighted by atomic mass is 9.53. The normalized spacial score (nSPS) is 24.5. The molecule has 14 aliphatic carbocycles. The summed E-state index contributed by atoms with van der Waals surface area (Å²) in [6.07, 6.45) is 49.9. The van der Waals surface area contributed by atoms with Crippen LogP contribution in [0.1, 0.15) is 343 Å². The first-order chi connectivity index (χ1) is 61.6. The van der Waals surface area contributed by atoms with Gasteiger partial charge in [-0.3, -0.25) is 4.79 Å². The van der Waals surface area contributed by atoms with Crippen molar-refractivity contribution in [3.8, 4) is 11.1 Å². The molecular weight excluding hydrogens is 1590 g/mol. The molecule has 4 bridgehead atoms. The number of benzene rings is 6. The van der Waals surface area contributed by atoms with Gasteiger partial charge in [-0.1, -0.05) is 206 Å². The minimum atomic E-state index is -0.449. The molecule has 11 fully saturated rings. The monoisotopic (exact) mass is 1790 g/mol. The third-order valence-corrected chi connectivity index (χ3v) is 32.3. The highest BCUT2D eigenvalue weighted by Gasteiger charge is 2.50. The van der Waals surface area contributed by atoms with Crippen molar-refractivity contribution in [2.45, 2.75) is 371 Å².